The van der Waals surface area contributed by atoms with Crippen LogP contribution in [0.5, 0.6) is 17.2 Å². The van der Waals surface area contributed by atoms with Crippen molar-refractivity contribution in [2.75, 3.05) is 13.2 Å². The molecule has 0 fully saturated rings. The van der Waals surface area contributed by atoms with Crippen LogP contribution in [-0.2, 0) is 0 Å². The highest BCUT2D eigenvalue weighted by Gasteiger charge is 2.13. The molecule has 226 valence electrons. The van der Waals surface area contributed by atoms with Gasteiger partial charge in [0.25, 0.3) is 0 Å². The molecule has 0 heterocycles. The highest BCUT2D eigenvalue weighted by atomic mass is 16.5. The molecule has 4 aromatic carbocycles. The summed E-state index contributed by atoms with van der Waals surface area (Å²) in [6.07, 6.45) is 12.2. The number of ether oxygens (including phenoxy) is 3. The summed E-state index contributed by atoms with van der Waals surface area (Å²) in [6, 6.07) is 26.0. The quantitative estimate of drug-likeness (QED) is 0.0508. The summed E-state index contributed by atoms with van der Waals surface area (Å²) < 4.78 is 17.4. The smallest absolute Gasteiger partial charge is 0.343 e. The van der Waals surface area contributed by atoms with Gasteiger partial charge in [0.1, 0.15) is 17.2 Å². The normalized spacial score (nSPS) is 11.2. The van der Waals surface area contributed by atoms with E-state index in [1.165, 1.54) is 44.9 Å². The van der Waals surface area contributed by atoms with Crippen molar-refractivity contribution in [1.29, 1.82) is 0 Å². The Kier molecular flexibility index (Phi) is 13.1. The molecule has 43 heavy (non-hydrogen) atoms. The molecule has 4 rings (SSSR count). The second-order valence-electron chi connectivity index (χ2n) is 10.8. The molecule has 0 atom stereocenters. The molecule has 6 heteroatoms. The Balaban J connectivity index is 1.31. The molecule has 0 aliphatic rings. The van der Waals surface area contributed by atoms with Gasteiger partial charge in [-0.2, -0.15) is 5.11 Å². The molecule has 0 aromatic heterocycles. The van der Waals surface area contributed by atoms with Crippen LogP contribution < -0.4 is 14.2 Å². The summed E-state index contributed by atoms with van der Waals surface area (Å²) in [7, 11) is 0. The van der Waals surface area contributed by atoms with Gasteiger partial charge in [-0.05, 0) is 73.5 Å². The van der Waals surface area contributed by atoms with Crippen molar-refractivity contribution in [3.63, 3.8) is 0 Å². The number of hydrogen-bond donors (Lipinski definition) is 0. The Hall–Kier alpha value is -4.19. The topological polar surface area (TPSA) is 69.5 Å². The first-order valence-corrected chi connectivity index (χ1v) is 15.8. The van der Waals surface area contributed by atoms with Crippen LogP contribution in [0.4, 0.5) is 11.4 Å². The predicted octanol–water partition coefficient (Wildman–Crippen LogP) is 11.2. The fraction of sp³-hybridized carbons (Fsp3) is 0.378. The van der Waals surface area contributed by atoms with Gasteiger partial charge in [0.05, 0.1) is 30.2 Å². The molecule has 0 saturated heterocycles. The summed E-state index contributed by atoms with van der Waals surface area (Å²) in [5, 5.41) is 10.5. The molecular weight excluding hydrogens is 536 g/mol. The van der Waals surface area contributed by atoms with Gasteiger partial charge in [0.15, 0.2) is 0 Å². The number of unbranched alkanes of at least 4 members (excludes halogenated alkanes) is 8. The first-order chi connectivity index (χ1) is 21.2. The van der Waals surface area contributed by atoms with Crippen LogP contribution in [0.3, 0.4) is 0 Å². The maximum absolute atomic E-state index is 13.0. The van der Waals surface area contributed by atoms with Crippen molar-refractivity contribution in [3.8, 4) is 17.2 Å². The molecule has 0 bridgehead atoms. The average molecular weight is 581 g/mol. The SMILES string of the molecule is CCCCCCCCCCOc1ccc(C(=O)Oc2ccc(N=Nc3ccc(OCCCC)cc3)c3ccccc23)cc1. The molecule has 0 aliphatic heterocycles. The molecule has 0 saturated carbocycles. The van der Waals surface area contributed by atoms with Gasteiger partial charge in [-0.15, -0.1) is 5.11 Å². The van der Waals surface area contributed by atoms with Crippen LogP contribution in [0.15, 0.2) is 95.2 Å². The number of carbonyl (C=O) groups is 1. The summed E-state index contributed by atoms with van der Waals surface area (Å²) >= 11 is 0. The highest BCUT2D eigenvalue weighted by molar-refractivity contribution is 5.99. The maximum atomic E-state index is 13.0. The maximum Gasteiger partial charge on any atom is 0.343 e. The van der Waals surface area contributed by atoms with E-state index < -0.39 is 5.97 Å². The minimum atomic E-state index is -0.421. The number of fused-ring (bicyclic) bond motifs is 1. The first-order valence-electron chi connectivity index (χ1n) is 15.8. The lowest BCUT2D eigenvalue weighted by Crippen LogP contribution is -2.08. The lowest BCUT2D eigenvalue weighted by molar-refractivity contribution is 0.0737. The third-order valence-corrected chi connectivity index (χ3v) is 7.30. The second-order valence-corrected chi connectivity index (χ2v) is 10.8. The predicted molar refractivity (Wildman–Crippen MR) is 174 cm³/mol. The Labute approximate surface area is 256 Å². The molecule has 0 amide bonds. The van der Waals surface area contributed by atoms with Crippen LogP contribution in [-0.4, -0.2) is 19.2 Å². The van der Waals surface area contributed by atoms with Gasteiger partial charge in [0.2, 0.25) is 0 Å². The standard InChI is InChI=1S/C37H44N2O4/c1-3-5-7-8-9-10-11-14-28-42-31-21-17-29(18-22-31)37(40)43-36-26-25-35(33-15-12-13-16-34(33)36)39-38-30-19-23-32(24-20-30)41-27-6-4-2/h12-13,15-26H,3-11,14,27-28H2,1-2H3. The second kappa shape index (κ2) is 17.7. The zero-order valence-electron chi connectivity index (χ0n) is 25.6. The lowest BCUT2D eigenvalue weighted by Gasteiger charge is -2.10. The zero-order valence-corrected chi connectivity index (χ0v) is 25.6. The minimum Gasteiger partial charge on any atom is -0.494 e. The molecule has 0 aliphatic carbocycles. The number of rotatable bonds is 18. The van der Waals surface area contributed by atoms with E-state index in [1.807, 2.05) is 66.7 Å². The Morgan fingerprint density at radius 2 is 1.16 bits per heavy atom. The molecular formula is C37H44N2O4. The van der Waals surface area contributed by atoms with Crippen molar-refractivity contribution in [3.05, 3.63) is 90.5 Å². The van der Waals surface area contributed by atoms with E-state index in [2.05, 4.69) is 24.1 Å². The highest BCUT2D eigenvalue weighted by Crippen LogP contribution is 2.35. The van der Waals surface area contributed by atoms with Gasteiger partial charge in [0, 0.05) is 10.8 Å². The Morgan fingerprint density at radius 1 is 0.581 bits per heavy atom. The Bertz CT molecular complexity index is 1430. The summed E-state index contributed by atoms with van der Waals surface area (Å²) in [6.45, 7) is 5.78. The van der Waals surface area contributed by atoms with E-state index in [-0.39, 0.29) is 0 Å². The van der Waals surface area contributed by atoms with Crippen molar-refractivity contribution >= 4 is 28.1 Å². The van der Waals surface area contributed by atoms with E-state index in [0.717, 1.165) is 47.2 Å². The number of esters is 1. The number of hydrogen-bond acceptors (Lipinski definition) is 6. The zero-order chi connectivity index (χ0) is 30.1. The van der Waals surface area contributed by atoms with Crippen LogP contribution in [0.2, 0.25) is 0 Å². The van der Waals surface area contributed by atoms with E-state index >= 15 is 0 Å². The molecule has 0 unspecified atom stereocenters. The van der Waals surface area contributed by atoms with Crippen LogP contribution in [0, 0.1) is 0 Å². The third-order valence-electron chi connectivity index (χ3n) is 7.30. The van der Waals surface area contributed by atoms with Crippen LogP contribution >= 0.6 is 0 Å². The number of benzene rings is 4. The van der Waals surface area contributed by atoms with Gasteiger partial charge < -0.3 is 14.2 Å². The summed E-state index contributed by atoms with van der Waals surface area (Å²) in [5.41, 5.74) is 1.89. The van der Waals surface area contributed by atoms with Crippen molar-refractivity contribution in [2.45, 2.75) is 78.1 Å². The monoisotopic (exact) mass is 580 g/mol. The number of nitrogens with zero attached hydrogens (tertiary/aromatic N) is 2. The average Bonchev–Trinajstić information content (AvgIpc) is 3.04. The van der Waals surface area contributed by atoms with Crippen LogP contribution in [0.25, 0.3) is 10.8 Å². The summed E-state index contributed by atoms with van der Waals surface area (Å²) in [4.78, 5) is 13.0. The largest absolute Gasteiger partial charge is 0.494 e. The van der Waals surface area contributed by atoms with E-state index in [0.29, 0.717) is 30.2 Å². The molecule has 0 N–H and O–H groups in total. The molecule has 4 aromatic rings. The van der Waals surface area contributed by atoms with Gasteiger partial charge >= 0.3 is 5.97 Å². The Morgan fingerprint density at radius 3 is 1.84 bits per heavy atom. The van der Waals surface area contributed by atoms with E-state index in [1.54, 1.807) is 18.2 Å². The molecule has 0 radical (unpaired) electrons. The van der Waals surface area contributed by atoms with Crippen molar-refractivity contribution < 1.29 is 19.0 Å². The van der Waals surface area contributed by atoms with E-state index in [4.69, 9.17) is 14.2 Å². The third kappa shape index (κ3) is 10.2. The van der Waals surface area contributed by atoms with E-state index in [9.17, 15) is 4.79 Å². The van der Waals surface area contributed by atoms with Crippen LogP contribution in [0.1, 0.15) is 88.4 Å². The van der Waals surface area contributed by atoms with Gasteiger partial charge in [-0.3, -0.25) is 0 Å². The van der Waals surface area contributed by atoms with Crippen molar-refractivity contribution in [2.24, 2.45) is 10.2 Å². The number of carbonyl (C=O) groups excluding carboxylic acids is 1. The first kappa shape index (κ1) is 31.7. The molecule has 0 spiro atoms. The fourth-order valence-electron chi connectivity index (χ4n) is 4.76. The summed E-state index contributed by atoms with van der Waals surface area (Å²) in [5.74, 6) is 1.64. The fourth-order valence-corrected chi connectivity index (χ4v) is 4.76. The van der Waals surface area contributed by atoms with Gasteiger partial charge in [-0.1, -0.05) is 89.5 Å². The van der Waals surface area contributed by atoms with Crippen molar-refractivity contribution in [1.82, 2.24) is 0 Å². The molecule has 6 nitrogen and oxygen atoms in total. The minimum absolute atomic E-state index is 0.421. The van der Waals surface area contributed by atoms with Gasteiger partial charge in [-0.25, -0.2) is 4.79 Å². The lowest BCUT2D eigenvalue weighted by atomic mass is 10.1. The number of azo groups is 1.